The summed E-state index contributed by atoms with van der Waals surface area (Å²) in [6, 6.07) is 9.75. The molecule has 0 radical (unpaired) electrons. The minimum absolute atomic E-state index is 0.0470. The predicted molar refractivity (Wildman–Crippen MR) is 104 cm³/mol. The quantitative estimate of drug-likeness (QED) is 0.784. The molecule has 0 spiro atoms. The Labute approximate surface area is 165 Å². The lowest BCUT2D eigenvalue weighted by atomic mass is 10.0. The second kappa shape index (κ2) is 9.08. The Balaban J connectivity index is 1.40. The fraction of sp³-hybridized carbons (Fsp3) is 0.571. The molecule has 1 aliphatic heterocycles. The third-order valence-electron chi connectivity index (χ3n) is 5.49. The topological polar surface area (TPSA) is 87.7 Å². The maximum Gasteiger partial charge on any atom is 0.409 e. The van der Waals surface area contributed by atoms with Gasteiger partial charge in [-0.05, 0) is 38.7 Å². The van der Waals surface area contributed by atoms with E-state index in [0.717, 1.165) is 5.56 Å². The lowest BCUT2D eigenvalue weighted by Crippen LogP contribution is -2.47. The highest BCUT2D eigenvalue weighted by Gasteiger charge is 2.48. The molecular weight excluding hydrogens is 358 g/mol. The zero-order chi connectivity index (χ0) is 20.1. The molecule has 152 valence electrons. The summed E-state index contributed by atoms with van der Waals surface area (Å²) in [5, 5.41) is 6.04. The summed E-state index contributed by atoms with van der Waals surface area (Å²) in [5.41, 5.74) is 1.05. The van der Waals surface area contributed by atoms with E-state index in [9.17, 15) is 14.4 Å². The van der Waals surface area contributed by atoms with Gasteiger partial charge in [0.2, 0.25) is 11.8 Å². The van der Waals surface area contributed by atoms with Crippen LogP contribution in [0.25, 0.3) is 0 Å². The largest absolute Gasteiger partial charge is 0.450 e. The second-order valence-electron chi connectivity index (χ2n) is 7.56. The minimum atomic E-state index is -0.293. The van der Waals surface area contributed by atoms with Gasteiger partial charge in [-0.25, -0.2) is 4.79 Å². The molecule has 1 aromatic rings. The molecular formula is C21H29N3O4. The number of piperidine rings is 1. The van der Waals surface area contributed by atoms with Crippen molar-refractivity contribution < 1.29 is 19.1 Å². The fourth-order valence-electron chi connectivity index (χ4n) is 3.65. The summed E-state index contributed by atoms with van der Waals surface area (Å²) in [5.74, 6) is -0.604. The number of carbonyl (C=O) groups is 3. The summed E-state index contributed by atoms with van der Waals surface area (Å²) in [7, 11) is 0. The van der Waals surface area contributed by atoms with Crippen molar-refractivity contribution in [1.82, 2.24) is 15.5 Å². The molecule has 0 aromatic heterocycles. The van der Waals surface area contributed by atoms with Crippen molar-refractivity contribution in [2.45, 2.75) is 45.2 Å². The molecule has 2 aliphatic rings. The molecule has 3 rings (SSSR count). The Morgan fingerprint density at radius 1 is 1.11 bits per heavy atom. The highest BCUT2D eigenvalue weighted by atomic mass is 16.6. The van der Waals surface area contributed by atoms with Crippen LogP contribution in [-0.2, 0) is 14.3 Å². The van der Waals surface area contributed by atoms with Crippen LogP contribution in [0.15, 0.2) is 30.3 Å². The minimum Gasteiger partial charge on any atom is -0.450 e. The van der Waals surface area contributed by atoms with Crippen molar-refractivity contribution in [3.05, 3.63) is 35.9 Å². The Morgan fingerprint density at radius 2 is 1.75 bits per heavy atom. The first-order valence-corrected chi connectivity index (χ1v) is 10.1. The summed E-state index contributed by atoms with van der Waals surface area (Å²) in [6.07, 6.45) is 1.72. The lowest BCUT2D eigenvalue weighted by Gasteiger charge is -2.31. The van der Waals surface area contributed by atoms with Crippen molar-refractivity contribution in [2.24, 2.45) is 11.8 Å². The van der Waals surface area contributed by atoms with Crippen molar-refractivity contribution >= 4 is 17.9 Å². The van der Waals surface area contributed by atoms with E-state index >= 15 is 0 Å². The molecule has 0 bridgehead atoms. The maximum absolute atomic E-state index is 12.5. The van der Waals surface area contributed by atoms with Crippen LogP contribution in [-0.4, -0.2) is 48.5 Å². The van der Waals surface area contributed by atoms with Gasteiger partial charge in [-0.2, -0.15) is 0 Å². The number of ether oxygens (including phenoxy) is 1. The van der Waals surface area contributed by atoms with E-state index in [1.54, 1.807) is 11.8 Å². The van der Waals surface area contributed by atoms with Gasteiger partial charge in [0, 0.05) is 19.1 Å². The lowest BCUT2D eigenvalue weighted by molar-refractivity contribution is -0.128. The number of hydrogen-bond acceptors (Lipinski definition) is 4. The first-order chi connectivity index (χ1) is 13.5. The summed E-state index contributed by atoms with van der Waals surface area (Å²) < 4.78 is 5.01. The van der Waals surface area contributed by atoms with Gasteiger partial charge in [-0.15, -0.1) is 0 Å². The van der Waals surface area contributed by atoms with Gasteiger partial charge in [0.1, 0.15) is 0 Å². The van der Waals surface area contributed by atoms with Gasteiger partial charge < -0.3 is 20.3 Å². The van der Waals surface area contributed by atoms with E-state index in [-0.39, 0.29) is 41.8 Å². The van der Waals surface area contributed by atoms with E-state index in [1.807, 2.05) is 37.3 Å². The molecule has 1 heterocycles. The van der Waals surface area contributed by atoms with Crippen LogP contribution in [0.4, 0.5) is 4.79 Å². The number of nitrogens with one attached hydrogen (secondary N) is 2. The van der Waals surface area contributed by atoms with Gasteiger partial charge in [0.15, 0.2) is 0 Å². The van der Waals surface area contributed by atoms with Crippen molar-refractivity contribution in [2.75, 3.05) is 19.7 Å². The monoisotopic (exact) mass is 387 g/mol. The first-order valence-electron chi connectivity index (χ1n) is 10.1. The Bertz CT molecular complexity index is 701. The molecule has 7 heteroatoms. The Kier molecular flexibility index (Phi) is 6.54. The molecule has 1 aromatic carbocycles. The van der Waals surface area contributed by atoms with Crippen LogP contribution in [0, 0.1) is 11.8 Å². The standard InChI is InChI=1S/C21H29N3O4/c1-3-28-21(27)24-11-9-16(10-12-24)23-20(26)18-13-17(18)19(25)22-14(2)15-7-5-4-6-8-15/h4-8,14,16-18H,3,9-13H2,1-2H3,(H,22,25)(H,23,26). The first kappa shape index (κ1) is 20.2. The van der Waals surface area contributed by atoms with Crippen molar-refractivity contribution in [1.29, 1.82) is 0 Å². The maximum atomic E-state index is 12.5. The number of likely N-dealkylation sites (tertiary alicyclic amines) is 1. The zero-order valence-electron chi connectivity index (χ0n) is 16.5. The summed E-state index contributed by atoms with van der Waals surface area (Å²) in [4.78, 5) is 38.3. The van der Waals surface area contributed by atoms with Gasteiger partial charge in [-0.3, -0.25) is 9.59 Å². The number of amides is 3. The van der Waals surface area contributed by atoms with E-state index < -0.39 is 0 Å². The zero-order valence-corrected chi connectivity index (χ0v) is 16.5. The molecule has 3 amide bonds. The Hall–Kier alpha value is -2.57. The third-order valence-corrected chi connectivity index (χ3v) is 5.49. The SMILES string of the molecule is CCOC(=O)N1CCC(NC(=O)C2CC2C(=O)NC(C)c2ccccc2)CC1. The van der Waals surface area contributed by atoms with Gasteiger partial charge in [0.05, 0.1) is 24.5 Å². The molecule has 1 saturated carbocycles. The van der Waals surface area contributed by atoms with Crippen LogP contribution in [0.1, 0.15) is 44.7 Å². The number of carbonyl (C=O) groups excluding carboxylic acids is 3. The smallest absolute Gasteiger partial charge is 0.409 e. The molecule has 7 nitrogen and oxygen atoms in total. The Morgan fingerprint density at radius 3 is 2.39 bits per heavy atom. The van der Waals surface area contributed by atoms with E-state index in [1.165, 1.54) is 0 Å². The molecule has 28 heavy (non-hydrogen) atoms. The van der Waals surface area contributed by atoms with Crippen LogP contribution >= 0.6 is 0 Å². The van der Waals surface area contributed by atoms with E-state index in [4.69, 9.17) is 4.74 Å². The fourth-order valence-corrected chi connectivity index (χ4v) is 3.65. The molecule has 1 aliphatic carbocycles. The van der Waals surface area contributed by atoms with Gasteiger partial charge >= 0.3 is 6.09 Å². The third kappa shape index (κ3) is 5.03. The normalized spacial score (nSPS) is 22.9. The van der Waals surface area contributed by atoms with Gasteiger partial charge in [-0.1, -0.05) is 30.3 Å². The van der Waals surface area contributed by atoms with Crippen LogP contribution < -0.4 is 10.6 Å². The number of benzene rings is 1. The molecule has 3 atom stereocenters. The van der Waals surface area contributed by atoms with Crippen molar-refractivity contribution in [3.8, 4) is 0 Å². The second-order valence-corrected chi connectivity index (χ2v) is 7.56. The molecule has 2 fully saturated rings. The number of nitrogens with zero attached hydrogens (tertiary/aromatic N) is 1. The van der Waals surface area contributed by atoms with Crippen LogP contribution in [0.2, 0.25) is 0 Å². The van der Waals surface area contributed by atoms with Gasteiger partial charge in [0.25, 0.3) is 0 Å². The van der Waals surface area contributed by atoms with Crippen LogP contribution in [0.5, 0.6) is 0 Å². The average molecular weight is 387 g/mol. The number of rotatable bonds is 6. The van der Waals surface area contributed by atoms with Crippen LogP contribution in [0.3, 0.4) is 0 Å². The number of hydrogen-bond donors (Lipinski definition) is 2. The summed E-state index contributed by atoms with van der Waals surface area (Å²) >= 11 is 0. The highest BCUT2D eigenvalue weighted by molar-refractivity contribution is 5.92. The van der Waals surface area contributed by atoms with E-state index in [0.29, 0.717) is 39.0 Å². The predicted octanol–water partition coefficient (Wildman–Crippen LogP) is 2.24. The molecule has 3 unspecified atom stereocenters. The molecule has 2 N–H and O–H groups in total. The molecule has 1 saturated heterocycles. The summed E-state index contributed by atoms with van der Waals surface area (Å²) in [6.45, 7) is 5.25. The highest BCUT2D eigenvalue weighted by Crippen LogP contribution is 2.39. The van der Waals surface area contributed by atoms with E-state index in [2.05, 4.69) is 10.6 Å². The van der Waals surface area contributed by atoms with Crippen molar-refractivity contribution in [3.63, 3.8) is 0 Å². The average Bonchev–Trinajstić information content (AvgIpc) is 3.50.